The molecule has 0 fully saturated rings. The average molecular weight is 240 g/mol. The van der Waals surface area contributed by atoms with Gasteiger partial charge in [0.25, 0.3) is 0 Å². The van der Waals surface area contributed by atoms with E-state index in [4.69, 9.17) is 0 Å². The lowest BCUT2D eigenvalue weighted by atomic mass is 10.2. The zero-order chi connectivity index (χ0) is 12.1. The maximum absolute atomic E-state index is 11.9. The maximum Gasteiger partial charge on any atom is 0.387 e. The molecule has 1 aromatic rings. The Morgan fingerprint density at radius 1 is 1.18 bits per heavy atom. The normalized spacial score (nSPS) is 15.6. The summed E-state index contributed by atoms with van der Waals surface area (Å²) in [6.07, 6.45) is 3.21. The maximum atomic E-state index is 11.9. The minimum Gasteiger partial charge on any atom is -0.435 e. The van der Waals surface area contributed by atoms with Crippen LogP contribution in [0.3, 0.4) is 0 Å². The van der Waals surface area contributed by atoms with Crippen molar-refractivity contribution in [2.24, 2.45) is 4.99 Å². The number of rotatable bonds is 3. The van der Waals surface area contributed by atoms with Gasteiger partial charge in [0.1, 0.15) is 11.6 Å². The fourth-order valence-electron chi connectivity index (χ4n) is 1.69. The van der Waals surface area contributed by atoms with Crippen LogP contribution >= 0.6 is 0 Å². The number of aliphatic imine (C=N–C) groups is 1. The van der Waals surface area contributed by atoms with Gasteiger partial charge < -0.3 is 10.1 Å². The molecule has 0 saturated heterocycles. The molecule has 3 nitrogen and oxygen atoms in total. The van der Waals surface area contributed by atoms with Crippen molar-refractivity contribution >= 4 is 11.5 Å². The number of nitrogens with one attached hydrogen (secondary N) is 1. The molecular formula is C12H14F2N2O. The number of anilines is 1. The lowest BCUT2D eigenvalue weighted by Crippen LogP contribution is -2.15. The van der Waals surface area contributed by atoms with Gasteiger partial charge in [0.15, 0.2) is 0 Å². The first-order valence-electron chi connectivity index (χ1n) is 5.59. The fourth-order valence-corrected chi connectivity index (χ4v) is 1.69. The van der Waals surface area contributed by atoms with Gasteiger partial charge >= 0.3 is 6.61 Å². The molecule has 17 heavy (non-hydrogen) atoms. The molecule has 0 saturated carbocycles. The molecule has 0 aromatic heterocycles. The number of alkyl halides is 2. The number of ether oxygens (including phenoxy) is 1. The predicted octanol–water partition coefficient (Wildman–Crippen LogP) is 3.28. The smallest absolute Gasteiger partial charge is 0.387 e. The SMILES string of the molecule is FC(F)Oc1ccc(NC2=NCCCC2)cc1. The fraction of sp³-hybridized carbons (Fsp3) is 0.417. The van der Waals surface area contributed by atoms with Crippen LogP contribution in [0.1, 0.15) is 19.3 Å². The Kier molecular flexibility index (Phi) is 3.90. The molecule has 0 unspecified atom stereocenters. The van der Waals surface area contributed by atoms with Crippen LogP contribution in [0.25, 0.3) is 0 Å². The van der Waals surface area contributed by atoms with E-state index in [-0.39, 0.29) is 5.75 Å². The molecule has 5 heteroatoms. The van der Waals surface area contributed by atoms with Crippen LogP contribution in [0.5, 0.6) is 5.75 Å². The summed E-state index contributed by atoms with van der Waals surface area (Å²) in [7, 11) is 0. The summed E-state index contributed by atoms with van der Waals surface area (Å²) in [5, 5.41) is 3.17. The van der Waals surface area contributed by atoms with Crippen molar-refractivity contribution in [3.8, 4) is 5.75 Å². The van der Waals surface area contributed by atoms with Gasteiger partial charge in [-0.1, -0.05) is 0 Å². The number of nitrogens with zero attached hydrogens (tertiary/aromatic N) is 1. The molecule has 0 radical (unpaired) electrons. The van der Waals surface area contributed by atoms with E-state index in [1.807, 2.05) is 0 Å². The zero-order valence-electron chi connectivity index (χ0n) is 9.33. The van der Waals surface area contributed by atoms with Crippen LogP contribution < -0.4 is 10.1 Å². The molecule has 1 N–H and O–H groups in total. The zero-order valence-corrected chi connectivity index (χ0v) is 9.33. The largest absolute Gasteiger partial charge is 0.435 e. The van der Waals surface area contributed by atoms with E-state index in [0.717, 1.165) is 37.3 Å². The second-order valence-electron chi connectivity index (χ2n) is 3.81. The van der Waals surface area contributed by atoms with Crippen molar-refractivity contribution < 1.29 is 13.5 Å². The third kappa shape index (κ3) is 3.69. The van der Waals surface area contributed by atoms with Gasteiger partial charge in [0.05, 0.1) is 0 Å². The van der Waals surface area contributed by atoms with Crippen LogP contribution in [0.2, 0.25) is 0 Å². The van der Waals surface area contributed by atoms with Gasteiger partial charge in [-0.3, -0.25) is 4.99 Å². The summed E-state index contributed by atoms with van der Waals surface area (Å²) in [5.74, 6) is 1.12. The van der Waals surface area contributed by atoms with E-state index in [9.17, 15) is 8.78 Å². The van der Waals surface area contributed by atoms with Crippen molar-refractivity contribution in [3.05, 3.63) is 24.3 Å². The van der Waals surface area contributed by atoms with E-state index in [1.165, 1.54) is 12.1 Å². The Morgan fingerprint density at radius 3 is 2.53 bits per heavy atom. The average Bonchev–Trinajstić information content (AvgIpc) is 2.32. The minimum atomic E-state index is -2.78. The monoisotopic (exact) mass is 240 g/mol. The van der Waals surface area contributed by atoms with Crippen molar-refractivity contribution in [2.45, 2.75) is 25.9 Å². The van der Waals surface area contributed by atoms with Crippen molar-refractivity contribution in [1.29, 1.82) is 0 Å². The van der Waals surface area contributed by atoms with Gasteiger partial charge in [-0.2, -0.15) is 8.78 Å². The number of benzene rings is 1. The summed E-state index contributed by atoms with van der Waals surface area (Å²) < 4.78 is 28.1. The van der Waals surface area contributed by atoms with Crippen molar-refractivity contribution in [2.75, 3.05) is 11.9 Å². The van der Waals surface area contributed by atoms with Crippen molar-refractivity contribution in [1.82, 2.24) is 0 Å². The summed E-state index contributed by atoms with van der Waals surface area (Å²) in [6, 6.07) is 6.43. The van der Waals surface area contributed by atoms with Crippen LogP contribution in [0.4, 0.5) is 14.5 Å². The topological polar surface area (TPSA) is 33.6 Å². The van der Waals surface area contributed by atoms with Crippen LogP contribution in [-0.4, -0.2) is 19.0 Å². The highest BCUT2D eigenvalue weighted by molar-refractivity contribution is 5.95. The number of amidine groups is 1. The molecule has 0 atom stereocenters. The summed E-state index contributed by atoms with van der Waals surface area (Å²) in [4.78, 5) is 4.35. The second-order valence-corrected chi connectivity index (χ2v) is 3.81. The standard InChI is InChI=1S/C12H14F2N2O/c13-12(14)17-10-6-4-9(5-7-10)16-11-3-1-2-8-15-11/h4-7,12H,1-3,8H2,(H,15,16). The summed E-state index contributed by atoms with van der Waals surface area (Å²) in [6.45, 7) is -1.92. The van der Waals surface area contributed by atoms with Crippen LogP contribution in [-0.2, 0) is 0 Å². The molecule has 92 valence electrons. The Balaban J connectivity index is 1.95. The third-order valence-corrected chi connectivity index (χ3v) is 2.49. The highest BCUT2D eigenvalue weighted by Crippen LogP contribution is 2.18. The van der Waals surface area contributed by atoms with E-state index >= 15 is 0 Å². The molecule has 1 aliphatic rings. The minimum absolute atomic E-state index is 0.163. The van der Waals surface area contributed by atoms with Gasteiger partial charge in [-0.05, 0) is 37.1 Å². The molecule has 1 aromatic carbocycles. The molecule has 0 spiro atoms. The van der Waals surface area contributed by atoms with Gasteiger partial charge in [0, 0.05) is 18.7 Å². The molecular weight excluding hydrogens is 226 g/mol. The number of hydrogen-bond donors (Lipinski definition) is 1. The lowest BCUT2D eigenvalue weighted by molar-refractivity contribution is -0.0498. The number of halogens is 2. The molecule has 1 aliphatic heterocycles. The summed E-state index contributed by atoms with van der Waals surface area (Å²) in [5.41, 5.74) is 0.840. The van der Waals surface area contributed by atoms with Gasteiger partial charge in [0.2, 0.25) is 0 Å². The van der Waals surface area contributed by atoms with E-state index in [0.29, 0.717) is 0 Å². The molecule has 0 amide bonds. The number of hydrogen-bond acceptors (Lipinski definition) is 3. The van der Waals surface area contributed by atoms with Crippen LogP contribution in [0.15, 0.2) is 29.3 Å². The Bertz CT molecular complexity index is 390. The Labute approximate surface area is 98.5 Å². The molecule has 0 bridgehead atoms. The van der Waals surface area contributed by atoms with Crippen molar-refractivity contribution in [3.63, 3.8) is 0 Å². The Hall–Kier alpha value is -1.65. The van der Waals surface area contributed by atoms with Crippen LogP contribution in [0, 0.1) is 0 Å². The molecule has 2 rings (SSSR count). The lowest BCUT2D eigenvalue weighted by Gasteiger charge is -2.14. The highest BCUT2D eigenvalue weighted by Gasteiger charge is 2.06. The predicted molar refractivity (Wildman–Crippen MR) is 62.8 cm³/mol. The van der Waals surface area contributed by atoms with E-state index in [2.05, 4.69) is 15.0 Å². The molecule has 1 heterocycles. The first-order valence-corrected chi connectivity index (χ1v) is 5.59. The Morgan fingerprint density at radius 2 is 1.94 bits per heavy atom. The first-order chi connectivity index (χ1) is 8.24. The molecule has 0 aliphatic carbocycles. The van der Waals surface area contributed by atoms with Gasteiger partial charge in [-0.15, -0.1) is 0 Å². The second kappa shape index (κ2) is 5.61. The van der Waals surface area contributed by atoms with E-state index in [1.54, 1.807) is 12.1 Å². The van der Waals surface area contributed by atoms with E-state index < -0.39 is 6.61 Å². The summed E-state index contributed by atoms with van der Waals surface area (Å²) >= 11 is 0. The quantitative estimate of drug-likeness (QED) is 0.879. The highest BCUT2D eigenvalue weighted by atomic mass is 19.3. The first kappa shape index (κ1) is 11.8. The third-order valence-electron chi connectivity index (χ3n) is 2.49. The van der Waals surface area contributed by atoms with Gasteiger partial charge in [-0.25, -0.2) is 0 Å².